The van der Waals surface area contributed by atoms with Gasteiger partial charge in [0.2, 0.25) is 5.13 Å². The van der Waals surface area contributed by atoms with Gasteiger partial charge in [-0.15, -0.1) is 5.10 Å². The molecule has 0 bridgehead atoms. The summed E-state index contributed by atoms with van der Waals surface area (Å²) in [5.41, 5.74) is 2.16. The molecule has 1 atom stereocenters. The maximum absolute atomic E-state index is 13.1. The molecule has 4 rings (SSSR count). The first-order valence-electron chi connectivity index (χ1n) is 9.89. The van der Waals surface area contributed by atoms with E-state index < -0.39 is 5.91 Å². The molecule has 0 saturated carbocycles. The average Bonchev–Trinajstić information content (AvgIpc) is 3.41. The smallest absolute Gasteiger partial charge is 0.295 e. The normalized spacial score (nSPS) is 17.9. The highest BCUT2D eigenvalue weighted by Crippen LogP contribution is 2.36. The molecule has 9 nitrogen and oxygen atoms in total. The van der Waals surface area contributed by atoms with E-state index in [1.54, 1.807) is 25.3 Å². The van der Waals surface area contributed by atoms with Crippen molar-refractivity contribution in [3.63, 3.8) is 0 Å². The van der Waals surface area contributed by atoms with Gasteiger partial charge >= 0.3 is 0 Å². The van der Waals surface area contributed by atoms with Crippen LogP contribution in [-0.2, 0) is 4.74 Å². The molecule has 0 unspecified atom stereocenters. The number of halogens is 1. The number of ether oxygens (including phenoxy) is 3. The zero-order valence-corrected chi connectivity index (χ0v) is 19.4. The van der Waals surface area contributed by atoms with E-state index >= 15 is 0 Å². The lowest BCUT2D eigenvalue weighted by atomic mass is 9.91. The predicted molar refractivity (Wildman–Crippen MR) is 121 cm³/mol. The minimum absolute atomic E-state index is 0.0417. The van der Waals surface area contributed by atoms with Crippen LogP contribution in [-0.4, -0.2) is 53.0 Å². The van der Waals surface area contributed by atoms with Crippen LogP contribution in [0.25, 0.3) is 11.1 Å². The molecule has 168 valence electrons. The fourth-order valence-electron chi connectivity index (χ4n) is 3.40. The summed E-state index contributed by atoms with van der Waals surface area (Å²) < 4.78 is 16.8. The van der Waals surface area contributed by atoms with Gasteiger partial charge in [0.1, 0.15) is 10.9 Å². The number of hydrogen-bond acceptors (Lipinski definition) is 9. The van der Waals surface area contributed by atoms with Crippen molar-refractivity contribution in [3.8, 4) is 22.1 Å². The first-order valence-corrected chi connectivity index (χ1v) is 11.1. The van der Waals surface area contributed by atoms with Gasteiger partial charge in [-0.25, -0.2) is 4.98 Å². The maximum Gasteiger partial charge on any atom is 0.295 e. The number of carbonyl (C=O) groups is 1. The molecule has 0 aromatic carbocycles. The topological polar surface area (TPSA) is 108 Å². The van der Waals surface area contributed by atoms with Crippen molar-refractivity contribution in [2.75, 3.05) is 32.2 Å². The number of aryl methyl sites for hydroxylation is 1. The molecule has 0 aliphatic carbocycles. The van der Waals surface area contributed by atoms with Gasteiger partial charge in [-0.3, -0.25) is 15.1 Å². The van der Waals surface area contributed by atoms with Crippen LogP contribution >= 0.6 is 22.9 Å². The summed E-state index contributed by atoms with van der Waals surface area (Å²) in [4.78, 5) is 21.4. The quantitative estimate of drug-likeness (QED) is 0.510. The third-order valence-corrected chi connectivity index (χ3v) is 6.11. The predicted octanol–water partition coefficient (Wildman–Crippen LogP) is 4.02. The molecule has 0 radical (unpaired) electrons. The number of methoxy groups -OCH3 is 1. The van der Waals surface area contributed by atoms with E-state index in [0.29, 0.717) is 56.8 Å². The monoisotopic (exact) mass is 475 g/mol. The summed E-state index contributed by atoms with van der Waals surface area (Å²) in [6.07, 6.45) is 3.99. The Bertz CT molecular complexity index is 1130. The van der Waals surface area contributed by atoms with Crippen LogP contribution < -0.4 is 14.8 Å². The molecule has 4 heterocycles. The number of aromatic nitrogens is 4. The highest BCUT2D eigenvalue weighted by Gasteiger charge is 2.31. The molecule has 3 aromatic heterocycles. The Morgan fingerprint density at radius 3 is 2.94 bits per heavy atom. The van der Waals surface area contributed by atoms with Crippen LogP contribution in [0.2, 0.25) is 5.15 Å². The van der Waals surface area contributed by atoms with Crippen molar-refractivity contribution >= 4 is 34.0 Å². The number of carbonyl (C=O) groups excluding carboxylic acids is 1. The highest BCUT2D eigenvalue weighted by atomic mass is 35.5. The second kappa shape index (κ2) is 9.35. The second-order valence-corrected chi connectivity index (χ2v) is 9.09. The van der Waals surface area contributed by atoms with Crippen LogP contribution in [0.4, 0.5) is 5.13 Å². The minimum atomic E-state index is -0.405. The van der Waals surface area contributed by atoms with Crippen molar-refractivity contribution < 1.29 is 19.0 Å². The third-order valence-electron chi connectivity index (χ3n) is 5.15. The van der Waals surface area contributed by atoms with Gasteiger partial charge in [0.05, 0.1) is 31.6 Å². The average molecular weight is 476 g/mol. The molecule has 1 saturated heterocycles. The molecular weight excluding hydrogens is 454 g/mol. The largest absolute Gasteiger partial charge is 0.494 e. The third kappa shape index (κ3) is 4.82. The van der Waals surface area contributed by atoms with E-state index in [1.807, 2.05) is 0 Å². The molecule has 1 N–H and O–H groups in total. The summed E-state index contributed by atoms with van der Waals surface area (Å²) in [7, 11) is 1.53. The number of amides is 1. The van der Waals surface area contributed by atoms with Gasteiger partial charge in [0, 0.05) is 30.0 Å². The van der Waals surface area contributed by atoms with Crippen LogP contribution in [0.5, 0.6) is 10.9 Å². The Morgan fingerprint density at radius 2 is 2.22 bits per heavy atom. The van der Waals surface area contributed by atoms with Gasteiger partial charge in [-0.1, -0.05) is 23.6 Å². The van der Waals surface area contributed by atoms with Gasteiger partial charge in [-0.2, -0.15) is 0 Å². The Morgan fingerprint density at radius 1 is 1.38 bits per heavy atom. The zero-order valence-electron chi connectivity index (χ0n) is 17.8. The van der Waals surface area contributed by atoms with E-state index in [4.69, 9.17) is 25.8 Å². The number of nitrogens with zero attached hydrogens (tertiary/aromatic N) is 4. The van der Waals surface area contributed by atoms with Gasteiger partial charge in [0.15, 0.2) is 0 Å². The standard InChI is InChI=1S/C21H22ClN5O4S/c1-12-17(29-3)16(13-4-6-23-15(22)8-13)14(9-24-12)18(28)25-19-26-27-20(32-19)31-11-21(2)5-7-30-10-21/h4,6,8-9H,5,7,10-11H2,1-3H3,(H,25,26,28)/t21-/m0/s1. The Hall–Kier alpha value is -2.82. The SMILES string of the molecule is COc1c(C)ncc(C(=O)Nc2nnc(OC[C@@]3(C)CCOC3)s2)c1-c1ccnc(Cl)c1. The molecule has 1 amide bonds. The van der Waals surface area contributed by atoms with Crippen molar-refractivity contribution in [2.24, 2.45) is 5.41 Å². The van der Waals surface area contributed by atoms with Crippen LogP contribution in [0.1, 0.15) is 29.4 Å². The molecular formula is C21H22ClN5O4S. The summed E-state index contributed by atoms with van der Waals surface area (Å²) in [6.45, 7) is 5.77. The summed E-state index contributed by atoms with van der Waals surface area (Å²) in [5.74, 6) is 0.0748. The van der Waals surface area contributed by atoms with Gasteiger partial charge in [0.25, 0.3) is 11.1 Å². The number of nitrogens with one attached hydrogen (secondary N) is 1. The van der Waals surface area contributed by atoms with Crippen molar-refractivity contribution in [3.05, 3.63) is 40.9 Å². The number of anilines is 1. The van der Waals surface area contributed by atoms with E-state index in [2.05, 4.69) is 32.4 Å². The molecule has 1 aliphatic heterocycles. The van der Waals surface area contributed by atoms with E-state index in [0.717, 1.165) is 24.4 Å². The lowest BCUT2D eigenvalue weighted by molar-refractivity contribution is 0.102. The number of pyridine rings is 2. The Kier molecular flexibility index (Phi) is 6.54. The first kappa shape index (κ1) is 22.4. The zero-order chi connectivity index (χ0) is 22.7. The van der Waals surface area contributed by atoms with Gasteiger partial charge in [-0.05, 0) is 42.4 Å². The Labute approximate surface area is 194 Å². The van der Waals surface area contributed by atoms with Crippen molar-refractivity contribution in [2.45, 2.75) is 20.3 Å². The van der Waals surface area contributed by atoms with Crippen molar-refractivity contribution in [1.29, 1.82) is 0 Å². The Balaban J connectivity index is 1.56. The first-order chi connectivity index (χ1) is 15.4. The molecule has 1 aliphatic rings. The maximum atomic E-state index is 13.1. The van der Waals surface area contributed by atoms with E-state index in [-0.39, 0.29) is 5.41 Å². The number of rotatable bonds is 7. The summed E-state index contributed by atoms with van der Waals surface area (Å²) in [6, 6.07) is 3.42. The van der Waals surface area contributed by atoms with Crippen LogP contribution in [0.15, 0.2) is 24.5 Å². The van der Waals surface area contributed by atoms with Crippen molar-refractivity contribution in [1.82, 2.24) is 20.2 Å². The summed E-state index contributed by atoms with van der Waals surface area (Å²) in [5, 5.41) is 11.8. The lowest BCUT2D eigenvalue weighted by Gasteiger charge is -2.20. The van der Waals surface area contributed by atoms with E-state index in [9.17, 15) is 4.79 Å². The molecule has 1 fully saturated rings. The van der Waals surface area contributed by atoms with E-state index in [1.165, 1.54) is 13.3 Å². The molecule has 11 heteroatoms. The molecule has 0 spiro atoms. The fourth-order valence-corrected chi connectivity index (χ4v) is 4.16. The van der Waals surface area contributed by atoms with Crippen LogP contribution in [0, 0.1) is 12.3 Å². The molecule has 3 aromatic rings. The van der Waals surface area contributed by atoms with Gasteiger partial charge < -0.3 is 14.2 Å². The van der Waals surface area contributed by atoms with Crippen LogP contribution in [0.3, 0.4) is 0 Å². The minimum Gasteiger partial charge on any atom is -0.494 e. The lowest BCUT2D eigenvalue weighted by Crippen LogP contribution is -2.25. The fraction of sp³-hybridized carbons (Fsp3) is 0.381. The number of hydrogen-bond donors (Lipinski definition) is 1. The highest BCUT2D eigenvalue weighted by molar-refractivity contribution is 7.17. The second-order valence-electron chi connectivity index (χ2n) is 7.76. The molecule has 32 heavy (non-hydrogen) atoms. The summed E-state index contributed by atoms with van der Waals surface area (Å²) >= 11 is 7.23.